The lowest BCUT2D eigenvalue weighted by atomic mass is 9.95. The van der Waals surface area contributed by atoms with E-state index in [1.807, 2.05) is 13.0 Å². The van der Waals surface area contributed by atoms with Crippen molar-refractivity contribution in [1.82, 2.24) is 9.88 Å². The van der Waals surface area contributed by atoms with E-state index < -0.39 is 6.04 Å². The van der Waals surface area contributed by atoms with Crippen molar-refractivity contribution in [3.05, 3.63) is 23.9 Å². The van der Waals surface area contributed by atoms with Gasteiger partial charge in [0, 0.05) is 25.2 Å². The monoisotopic (exact) mass is 326 g/mol. The van der Waals surface area contributed by atoms with E-state index in [9.17, 15) is 9.59 Å². The molecule has 1 saturated heterocycles. The number of nitrogens with one attached hydrogen (secondary N) is 1. The summed E-state index contributed by atoms with van der Waals surface area (Å²) in [5.74, 6) is 0.415. The van der Waals surface area contributed by atoms with Gasteiger partial charge < -0.3 is 16.0 Å². The van der Waals surface area contributed by atoms with Crippen LogP contribution in [0.25, 0.3) is 0 Å². The summed E-state index contributed by atoms with van der Waals surface area (Å²) in [6, 6.07) is 3.22. The van der Waals surface area contributed by atoms with Gasteiger partial charge in [-0.2, -0.15) is 0 Å². The van der Waals surface area contributed by atoms with E-state index in [1.54, 1.807) is 24.1 Å². The van der Waals surface area contributed by atoms with Gasteiger partial charge in [-0.25, -0.2) is 4.98 Å². The van der Waals surface area contributed by atoms with Crippen molar-refractivity contribution in [1.29, 1.82) is 0 Å². The summed E-state index contributed by atoms with van der Waals surface area (Å²) in [4.78, 5) is 29.9. The molecule has 6 nitrogen and oxygen atoms in total. The van der Waals surface area contributed by atoms with Gasteiger partial charge >= 0.3 is 0 Å². The molecule has 1 atom stereocenters. The van der Waals surface area contributed by atoms with Crippen LogP contribution in [0.5, 0.6) is 0 Å². The molecule has 0 saturated carbocycles. The zero-order valence-electron chi connectivity index (χ0n) is 12.9. The molecule has 122 valence electrons. The predicted octanol–water partition coefficient (Wildman–Crippen LogP) is 1.34. The number of aromatic nitrogens is 1. The Bertz CT molecular complexity index is 511. The first-order valence-corrected chi connectivity index (χ1v) is 7.25. The van der Waals surface area contributed by atoms with Crippen LogP contribution in [0.2, 0.25) is 0 Å². The largest absolute Gasteiger partial charge is 0.341 e. The van der Waals surface area contributed by atoms with Crippen LogP contribution in [0.3, 0.4) is 0 Å². The van der Waals surface area contributed by atoms with Crippen LogP contribution in [-0.2, 0) is 9.59 Å². The highest BCUT2D eigenvalue weighted by Crippen LogP contribution is 2.19. The lowest BCUT2D eigenvalue weighted by molar-refractivity contribution is -0.135. The number of halogens is 1. The molecule has 0 spiro atoms. The Morgan fingerprint density at radius 1 is 1.36 bits per heavy atom. The van der Waals surface area contributed by atoms with Crippen LogP contribution in [0.15, 0.2) is 18.3 Å². The lowest BCUT2D eigenvalue weighted by Crippen LogP contribution is -2.47. The van der Waals surface area contributed by atoms with Crippen LogP contribution >= 0.6 is 12.4 Å². The minimum absolute atomic E-state index is 0. The molecular formula is C15H23ClN4O2. The standard InChI is InChI=1S/C15H22N4O2.ClH/c1-10-3-4-13(17-9-10)18-14(20)12-5-7-19(8-6-12)15(21)11(2)16;/h3-4,9,11-12H,5-8,16H2,1-2H3,(H,17,18,20);1H. The first-order valence-electron chi connectivity index (χ1n) is 7.25. The SMILES string of the molecule is Cc1ccc(NC(=O)C2CCN(C(=O)C(C)N)CC2)nc1.Cl. The number of rotatable bonds is 3. The molecule has 2 heterocycles. The van der Waals surface area contributed by atoms with Crippen LogP contribution in [0.1, 0.15) is 25.3 Å². The van der Waals surface area contributed by atoms with E-state index in [4.69, 9.17) is 5.73 Å². The van der Waals surface area contributed by atoms with Gasteiger partial charge in [0.05, 0.1) is 6.04 Å². The number of nitrogens with zero attached hydrogens (tertiary/aromatic N) is 2. The molecule has 2 rings (SSSR count). The van der Waals surface area contributed by atoms with Gasteiger partial charge in [-0.1, -0.05) is 6.07 Å². The number of pyridine rings is 1. The van der Waals surface area contributed by atoms with E-state index in [0.29, 0.717) is 31.7 Å². The summed E-state index contributed by atoms with van der Waals surface area (Å²) in [5, 5.41) is 2.83. The van der Waals surface area contributed by atoms with E-state index in [0.717, 1.165) is 5.56 Å². The number of carbonyl (C=O) groups excluding carboxylic acids is 2. The van der Waals surface area contributed by atoms with Gasteiger partial charge in [0.25, 0.3) is 0 Å². The molecule has 2 amide bonds. The van der Waals surface area contributed by atoms with Gasteiger partial charge in [-0.05, 0) is 38.3 Å². The second kappa shape index (κ2) is 8.10. The molecule has 3 N–H and O–H groups in total. The summed E-state index contributed by atoms with van der Waals surface area (Å²) in [6.07, 6.45) is 3.05. The summed E-state index contributed by atoms with van der Waals surface area (Å²) in [6.45, 7) is 4.80. The second-order valence-electron chi connectivity index (χ2n) is 5.60. The smallest absolute Gasteiger partial charge is 0.239 e. The Morgan fingerprint density at radius 2 is 2.00 bits per heavy atom. The fourth-order valence-corrected chi connectivity index (χ4v) is 2.42. The Balaban J connectivity index is 0.00000242. The van der Waals surface area contributed by atoms with E-state index in [1.165, 1.54) is 0 Å². The second-order valence-corrected chi connectivity index (χ2v) is 5.60. The molecule has 1 aliphatic heterocycles. The minimum Gasteiger partial charge on any atom is -0.341 e. The molecule has 22 heavy (non-hydrogen) atoms. The number of hydrogen-bond acceptors (Lipinski definition) is 4. The van der Waals surface area contributed by atoms with Crippen molar-refractivity contribution in [2.75, 3.05) is 18.4 Å². The predicted molar refractivity (Wildman–Crippen MR) is 87.8 cm³/mol. The van der Waals surface area contributed by atoms with Crippen LogP contribution in [-0.4, -0.2) is 40.8 Å². The summed E-state index contributed by atoms with van der Waals surface area (Å²) in [7, 11) is 0. The Labute approximate surface area is 136 Å². The highest BCUT2D eigenvalue weighted by atomic mass is 35.5. The number of aryl methyl sites for hydroxylation is 1. The molecule has 0 bridgehead atoms. The molecule has 1 unspecified atom stereocenters. The minimum atomic E-state index is -0.480. The number of carbonyl (C=O) groups is 2. The fourth-order valence-electron chi connectivity index (χ4n) is 2.42. The highest BCUT2D eigenvalue weighted by Gasteiger charge is 2.28. The quantitative estimate of drug-likeness (QED) is 0.877. The van der Waals surface area contributed by atoms with Crippen molar-refractivity contribution < 1.29 is 9.59 Å². The molecular weight excluding hydrogens is 304 g/mol. The normalized spacial score (nSPS) is 16.6. The number of hydrogen-bond donors (Lipinski definition) is 2. The van der Waals surface area contributed by atoms with Crippen molar-refractivity contribution in [3.63, 3.8) is 0 Å². The average Bonchev–Trinajstić information content (AvgIpc) is 2.49. The maximum absolute atomic E-state index is 12.2. The number of amides is 2. The third-order valence-electron chi connectivity index (χ3n) is 3.73. The van der Waals surface area contributed by atoms with Gasteiger partial charge in [0.15, 0.2) is 0 Å². The molecule has 7 heteroatoms. The van der Waals surface area contributed by atoms with Crippen molar-refractivity contribution in [2.45, 2.75) is 32.7 Å². The van der Waals surface area contributed by atoms with E-state index in [-0.39, 0.29) is 30.1 Å². The third-order valence-corrected chi connectivity index (χ3v) is 3.73. The van der Waals surface area contributed by atoms with Gasteiger partial charge in [0.2, 0.25) is 11.8 Å². The molecule has 1 aromatic rings. The van der Waals surface area contributed by atoms with Crippen molar-refractivity contribution in [3.8, 4) is 0 Å². The molecule has 0 radical (unpaired) electrons. The number of likely N-dealkylation sites (tertiary alicyclic amines) is 1. The summed E-state index contributed by atoms with van der Waals surface area (Å²) >= 11 is 0. The Kier molecular flexibility index (Phi) is 6.77. The zero-order chi connectivity index (χ0) is 15.4. The van der Waals surface area contributed by atoms with Crippen molar-refractivity contribution in [2.24, 2.45) is 11.7 Å². The van der Waals surface area contributed by atoms with Crippen LogP contribution < -0.4 is 11.1 Å². The van der Waals surface area contributed by atoms with E-state index >= 15 is 0 Å². The van der Waals surface area contributed by atoms with Gasteiger partial charge in [-0.15, -0.1) is 12.4 Å². The maximum atomic E-state index is 12.2. The topological polar surface area (TPSA) is 88.3 Å². The Hall–Kier alpha value is -1.66. The average molecular weight is 327 g/mol. The zero-order valence-corrected chi connectivity index (χ0v) is 13.7. The Morgan fingerprint density at radius 3 is 2.50 bits per heavy atom. The van der Waals surface area contributed by atoms with Gasteiger partial charge in [0.1, 0.15) is 5.82 Å². The van der Waals surface area contributed by atoms with Crippen molar-refractivity contribution >= 4 is 30.0 Å². The fraction of sp³-hybridized carbons (Fsp3) is 0.533. The molecule has 0 aromatic carbocycles. The summed E-state index contributed by atoms with van der Waals surface area (Å²) in [5.41, 5.74) is 6.65. The molecule has 1 fully saturated rings. The summed E-state index contributed by atoms with van der Waals surface area (Å²) < 4.78 is 0. The number of piperidine rings is 1. The third kappa shape index (κ3) is 4.68. The van der Waals surface area contributed by atoms with E-state index in [2.05, 4.69) is 10.3 Å². The van der Waals surface area contributed by atoms with Crippen LogP contribution in [0, 0.1) is 12.8 Å². The molecule has 0 aliphatic carbocycles. The first kappa shape index (κ1) is 18.4. The first-order chi connectivity index (χ1) is 9.97. The maximum Gasteiger partial charge on any atom is 0.239 e. The number of anilines is 1. The number of nitrogens with two attached hydrogens (primary N) is 1. The highest BCUT2D eigenvalue weighted by molar-refractivity contribution is 5.92. The molecule has 1 aromatic heterocycles. The molecule has 1 aliphatic rings. The van der Waals surface area contributed by atoms with Crippen LogP contribution in [0.4, 0.5) is 5.82 Å². The van der Waals surface area contributed by atoms with Gasteiger partial charge in [-0.3, -0.25) is 9.59 Å². The lowest BCUT2D eigenvalue weighted by Gasteiger charge is -2.32.